The van der Waals surface area contributed by atoms with Crippen LogP contribution in [0.25, 0.3) is 0 Å². The zero-order chi connectivity index (χ0) is 12.3. The Bertz CT molecular complexity index is 407. The van der Waals surface area contributed by atoms with Crippen molar-refractivity contribution in [2.24, 2.45) is 0 Å². The maximum atomic E-state index is 13.0. The molecule has 0 fully saturated rings. The predicted molar refractivity (Wildman–Crippen MR) is 49.8 cm³/mol. The fourth-order valence-corrected chi connectivity index (χ4v) is 1.26. The number of hydrogen-bond donors (Lipinski definition) is 0. The lowest BCUT2D eigenvalue weighted by Gasteiger charge is -2.09. The second-order valence-corrected chi connectivity index (χ2v) is 3.02. The lowest BCUT2D eigenvalue weighted by atomic mass is 10.1. The number of nitrogens with zero attached hydrogens (tertiary/aromatic N) is 1. The van der Waals surface area contributed by atoms with E-state index in [1.165, 1.54) is 6.92 Å². The topological polar surface area (TPSA) is 39.2 Å². The van der Waals surface area contributed by atoms with Crippen LogP contribution in [0.5, 0.6) is 0 Å². The number of alkyl halides is 2. The minimum absolute atomic E-state index is 0.111. The molecule has 88 valence electrons. The Morgan fingerprint density at radius 3 is 2.69 bits per heavy atom. The number of rotatable bonds is 3. The SMILES string of the molecule is CCOC(=O)c1cnc(F)c(C(F)F)c1C. The van der Waals surface area contributed by atoms with Gasteiger partial charge in [-0.2, -0.15) is 4.39 Å². The van der Waals surface area contributed by atoms with Crippen molar-refractivity contribution in [1.29, 1.82) is 0 Å². The van der Waals surface area contributed by atoms with Crippen LogP contribution in [-0.2, 0) is 4.74 Å². The summed E-state index contributed by atoms with van der Waals surface area (Å²) in [5.74, 6) is -2.05. The first kappa shape index (κ1) is 12.5. The molecule has 0 aliphatic carbocycles. The second kappa shape index (κ2) is 4.96. The van der Waals surface area contributed by atoms with E-state index in [0.717, 1.165) is 6.20 Å². The lowest BCUT2D eigenvalue weighted by molar-refractivity contribution is 0.0524. The molecule has 1 aromatic rings. The van der Waals surface area contributed by atoms with Gasteiger partial charge >= 0.3 is 5.97 Å². The Balaban J connectivity index is 3.23. The molecule has 3 nitrogen and oxygen atoms in total. The van der Waals surface area contributed by atoms with Gasteiger partial charge in [-0.15, -0.1) is 0 Å². The third-order valence-electron chi connectivity index (χ3n) is 2.05. The number of pyridine rings is 1. The molecular weight excluding hydrogens is 223 g/mol. The Kier molecular flexibility index (Phi) is 3.87. The summed E-state index contributed by atoms with van der Waals surface area (Å²) < 4.78 is 42.6. The molecule has 0 aliphatic rings. The van der Waals surface area contributed by atoms with Gasteiger partial charge in [-0.1, -0.05) is 0 Å². The largest absolute Gasteiger partial charge is 0.462 e. The molecule has 0 unspecified atom stereocenters. The highest BCUT2D eigenvalue weighted by Gasteiger charge is 2.23. The third kappa shape index (κ3) is 2.32. The molecule has 0 spiro atoms. The molecule has 0 saturated carbocycles. The summed E-state index contributed by atoms with van der Waals surface area (Å²) in [5, 5.41) is 0. The van der Waals surface area contributed by atoms with Crippen LogP contribution in [0.1, 0.15) is 34.8 Å². The van der Waals surface area contributed by atoms with Gasteiger partial charge < -0.3 is 4.74 Å². The smallest absolute Gasteiger partial charge is 0.339 e. The van der Waals surface area contributed by atoms with Gasteiger partial charge in [0.05, 0.1) is 17.7 Å². The highest BCUT2D eigenvalue weighted by Crippen LogP contribution is 2.26. The van der Waals surface area contributed by atoms with Crippen molar-refractivity contribution >= 4 is 5.97 Å². The van der Waals surface area contributed by atoms with Gasteiger partial charge in [-0.05, 0) is 19.4 Å². The normalized spacial score (nSPS) is 10.6. The maximum absolute atomic E-state index is 13.0. The quantitative estimate of drug-likeness (QED) is 0.595. The van der Waals surface area contributed by atoms with Gasteiger partial charge in [0.15, 0.2) is 0 Å². The zero-order valence-corrected chi connectivity index (χ0v) is 8.76. The number of aromatic nitrogens is 1. The van der Waals surface area contributed by atoms with Crippen molar-refractivity contribution in [3.8, 4) is 0 Å². The number of ether oxygens (including phenoxy) is 1. The van der Waals surface area contributed by atoms with Crippen LogP contribution in [0.3, 0.4) is 0 Å². The molecule has 0 radical (unpaired) electrons. The molecule has 0 bridgehead atoms. The molecule has 0 amide bonds. The first-order valence-electron chi connectivity index (χ1n) is 4.59. The molecule has 0 aromatic carbocycles. The second-order valence-electron chi connectivity index (χ2n) is 3.02. The standard InChI is InChI=1S/C10H10F3NO2/c1-3-16-10(15)6-4-14-9(13)7(5(6)2)8(11)12/h4,8H,3H2,1-2H3. The van der Waals surface area contributed by atoms with Crippen molar-refractivity contribution in [3.63, 3.8) is 0 Å². The number of hydrogen-bond acceptors (Lipinski definition) is 3. The van der Waals surface area contributed by atoms with Gasteiger partial charge in [0.2, 0.25) is 5.95 Å². The van der Waals surface area contributed by atoms with E-state index in [9.17, 15) is 18.0 Å². The maximum Gasteiger partial charge on any atom is 0.339 e. The summed E-state index contributed by atoms with van der Waals surface area (Å²) >= 11 is 0. The molecule has 16 heavy (non-hydrogen) atoms. The molecule has 6 heteroatoms. The van der Waals surface area contributed by atoms with Gasteiger partial charge in [0.1, 0.15) is 0 Å². The summed E-state index contributed by atoms with van der Waals surface area (Å²) in [6.07, 6.45) is -2.11. The van der Waals surface area contributed by atoms with Crippen molar-refractivity contribution in [3.05, 3.63) is 28.8 Å². The molecule has 0 N–H and O–H groups in total. The summed E-state index contributed by atoms with van der Waals surface area (Å²) in [7, 11) is 0. The number of carbonyl (C=O) groups is 1. The van der Waals surface area contributed by atoms with Gasteiger partial charge in [-0.25, -0.2) is 18.6 Å². The molecule has 0 aliphatic heterocycles. The molecule has 0 atom stereocenters. The van der Waals surface area contributed by atoms with Crippen LogP contribution in [0.15, 0.2) is 6.20 Å². The van der Waals surface area contributed by atoms with E-state index in [2.05, 4.69) is 9.72 Å². The summed E-state index contributed by atoms with van der Waals surface area (Å²) in [5.41, 5.74) is -1.13. The van der Waals surface area contributed by atoms with E-state index in [-0.39, 0.29) is 17.7 Å². The van der Waals surface area contributed by atoms with Crippen molar-refractivity contribution in [2.45, 2.75) is 20.3 Å². The van der Waals surface area contributed by atoms with Crippen LogP contribution in [-0.4, -0.2) is 17.6 Å². The average Bonchev–Trinajstić information content (AvgIpc) is 2.17. The fraction of sp³-hybridized carbons (Fsp3) is 0.400. The van der Waals surface area contributed by atoms with E-state index >= 15 is 0 Å². The van der Waals surface area contributed by atoms with E-state index in [0.29, 0.717) is 0 Å². The summed E-state index contributed by atoms with van der Waals surface area (Å²) in [6.45, 7) is 2.93. The first-order valence-corrected chi connectivity index (χ1v) is 4.59. The van der Waals surface area contributed by atoms with Crippen LogP contribution in [0.4, 0.5) is 13.2 Å². The van der Waals surface area contributed by atoms with Gasteiger partial charge in [-0.3, -0.25) is 0 Å². The van der Waals surface area contributed by atoms with Crippen LogP contribution < -0.4 is 0 Å². The number of esters is 1. The fourth-order valence-electron chi connectivity index (χ4n) is 1.26. The van der Waals surface area contributed by atoms with Gasteiger partial charge in [0, 0.05) is 6.20 Å². The average molecular weight is 233 g/mol. The minimum Gasteiger partial charge on any atom is -0.462 e. The van der Waals surface area contributed by atoms with Crippen LogP contribution in [0.2, 0.25) is 0 Å². The Labute approximate surface area is 90.2 Å². The number of halogens is 3. The van der Waals surface area contributed by atoms with E-state index in [4.69, 9.17) is 0 Å². The van der Waals surface area contributed by atoms with Gasteiger partial charge in [0.25, 0.3) is 6.43 Å². The Morgan fingerprint density at radius 1 is 1.56 bits per heavy atom. The highest BCUT2D eigenvalue weighted by atomic mass is 19.3. The Morgan fingerprint density at radius 2 is 2.19 bits per heavy atom. The number of carbonyl (C=O) groups excluding carboxylic acids is 1. The summed E-state index contributed by atoms with van der Waals surface area (Å²) in [4.78, 5) is 14.4. The van der Waals surface area contributed by atoms with Crippen molar-refractivity contribution < 1.29 is 22.7 Å². The molecule has 0 saturated heterocycles. The Hall–Kier alpha value is -1.59. The molecule has 1 rings (SSSR count). The van der Waals surface area contributed by atoms with E-state index in [1.54, 1.807) is 6.92 Å². The predicted octanol–water partition coefficient (Wildman–Crippen LogP) is 2.64. The molecule has 1 heterocycles. The molecule has 1 aromatic heterocycles. The zero-order valence-electron chi connectivity index (χ0n) is 8.76. The summed E-state index contributed by atoms with van der Waals surface area (Å²) in [6, 6.07) is 0. The highest BCUT2D eigenvalue weighted by molar-refractivity contribution is 5.91. The van der Waals surface area contributed by atoms with E-state index in [1.807, 2.05) is 0 Å². The molecular formula is C10H10F3NO2. The first-order chi connectivity index (χ1) is 7.49. The van der Waals surface area contributed by atoms with Crippen LogP contribution >= 0.6 is 0 Å². The van der Waals surface area contributed by atoms with Crippen LogP contribution in [0, 0.1) is 12.9 Å². The monoisotopic (exact) mass is 233 g/mol. The minimum atomic E-state index is -3.01. The van der Waals surface area contributed by atoms with E-state index < -0.39 is 23.9 Å². The lowest BCUT2D eigenvalue weighted by Crippen LogP contribution is -2.11. The van der Waals surface area contributed by atoms with Crippen molar-refractivity contribution in [2.75, 3.05) is 6.61 Å². The van der Waals surface area contributed by atoms with Crippen molar-refractivity contribution in [1.82, 2.24) is 4.98 Å². The third-order valence-corrected chi connectivity index (χ3v) is 2.05.